The molecule has 4 rings (SSSR count). The van der Waals surface area contributed by atoms with Crippen LogP contribution in [0.3, 0.4) is 0 Å². The smallest absolute Gasteiger partial charge is 0.310 e. The third-order valence-electron chi connectivity index (χ3n) is 5.69. The van der Waals surface area contributed by atoms with Crippen molar-refractivity contribution in [3.8, 4) is 0 Å². The van der Waals surface area contributed by atoms with Gasteiger partial charge in [-0.1, -0.05) is 13.8 Å². The molecular weight excluding hydrogens is 252 g/mol. The Labute approximate surface area is 122 Å². The molecule has 0 N–H and O–H groups in total. The van der Waals surface area contributed by atoms with Crippen molar-refractivity contribution in [1.29, 1.82) is 0 Å². The quantitative estimate of drug-likeness (QED) is 0.566. The summed E-state index contributed by atoms with van der Waals surface area (Å²) in [6.45, 7) is 5.81. The molecule has 0 saturated heterocycles. The van der Waals surface area contributed by atoms with Gasteiger partial charge in [0.15, 0.2) is 0 Å². The molecule has 114 valence electrons. The van der Waals surface area contributed by atoms with Crippen molar-refractivity contribution in [2.45, 2.75) is 77.6 Å². The van der Waals surface area contributed by atoms with E-state index in [9.17, 15) is 4.79 Å². The topological polar surface area (TPSA) is 35.5 Å². The van der Waals surface area contributed by atoms with Gasteiger partial charge in [-0.05, 0) is 69.6 Å². The molecule has 0 aromatic heterocycles. The maximum atomic E-state index is 11.9. The van der Waals surface area contributed by atoms with Crippen LogP contribution >= 0.6 is 0 Å². The summed E-state index contributed by atoms with van der Waals surface area (Å²) in [5, 5.41) is 0. The Bertz CT molecular complexity index is 341. The van der Waals surface area contributed by atoms with E-state index in [-0.39, 0.29) is 17.5 Å². The van der Waals surface area contributed by atoms with Gasteiger partial charge in [-0.15, -0.1) is 0 Å². The van der Waals surface area contributed by atoms with E-state index in [2.05, 4.69) is 0 Å². The van der Waals surface area contributed by atoms with Crippen molar-refractivity contribution >= 4 is 5.97 Å². The highest BCUT2D eigenvalue weighted by molar-refractivity contribution is 5.71. The summed E-state index contributed by atoms with van der Waals surface area (Å²) in [4.78, 5) is 11.9. The van der Waals surface area contributed by atoms with Crippen LogP contribution in [0.1, 0.15) is 65.7 Å². The van der Waals surface area contributed by atoms with Gasteiger partial charge >= 0.3 is 5.97 Å². The number of ether oxygens (including phenoxy) is 2. The maximum absolute atomic E-state index is 11.9. The molecule has 4 bridgehead atoms. The minimum absolute atomic E-state index is 0.0178. The average Bonchev–Trinajstić information content (AvgIpc) is 2.34. The van der Waals surface area contributed by atoms with Gasteiger partial charge < -0.3 is 9.47 Å². The number of carbonyl (C=O) groups is 1. The molecule has 0 aliphatic heterocycles. The van der Waals surface area contributed by atoms with Crippen LogP contribution in [0, 0.1) is 23.7 Å². The van der Waals surface area contributed by atoms with E-state index in [1.807, 2.05) is 20.8 Å². The third kappa shape index (κ3) is 2.74. The van der Waals surface area contributed by atoms with E-state index in [0.717, 1.165) is 24.2 Å². The highest BCUT2D eigenvalue weighted by Gasteiger charge is 2.52. The number of hydrogen-bond acceptors (Lipinski definition) is 3. The molecule has 0 spiro atoms. The van der Waals surface area contributed by atoms with Crippen molar-refractivity contribution in [2.24, 2.45) is 23.7 Å². The SMILES string of the molecule is CCC(C)C(=O)OC(C)OC12CC3CC(CC(C3)C1)C2. The molecule has 0 aromatic rings. The molecule has 0 heterocycles. The van der Waals surface area contributed by atoms with E-state index < -0.39 is 6.29 Å². The number of esters is 1. The first kappa shape index (κ1) is 14.4. The van der Waals surface area contributed by atoms with Gasteiger partial charge in [-0.25, -0.2) is 0 Å². The van der Waals surface area contributed by atoms with Crippen LogP contribution in [0.15, 0.2) is 0 Å². The molecular formula is C17H28O3. The van der Waals surface area contributed by atoms with Crippen LogP contribution in [0.5, 0.6) is 0 Å². The molecule has 4 aliphatic carbocycles. The second kappa shape index (κ2) is 5.32. The van der Waals surface area contributed by atoms with E-state index >= 15 is 0 Å². The van der Waals surface area contributed by atoms with Gasteiger partial charge in [-0.2, -0.15) is 0 Å². The second-order valence-corrected chi connectivity index (χ2v) is 7.53. The summed E-state index contributed by atoms with van der Waals surface area (Å²) in [5.41, 5.74) is 0.0178. The average molecular weight is 280 g/mol. The zero-order valence-electron chi connectivity index (χ0n) is 13.1. The Morgan fingerprint density at radius 3 is 2.05 bits per heavy atom. The lowest BCUT2D eigenvalue weighted by Gasteiger charge is -2.56. The van der Waals surface area contributed by atoms with Crippen LogP contribution in [0.2, 0.25) is 0 Å². The molecule has 2 atom stereocenters. The zero-order valence-corrected chi connectivity index (χ0v) is 13.1. The van der Waals surface area contributed by atoms with Gasteiger partial charge in [-0.3, -0.25) is 4.79 Å². The van der Waals surface area contributed by atoms with Crippen molar-refractivity contribution < 1.29 is 14.3 Å². The second-order valence-electron chi connectivity index (χ2n) is 7.53. The summed E-state index contributed by atoms with van der Waals surface area (Å²) in [6.07, 6.45) is 8.20. The van der Waals surface area contributed by atoms with Crippen LogP contribution in [-0.4, -0.2) is 17.9 Å². The van der Waals surface area contributed by atoms with Crippen molar-refractivity contribution in [1.82, 2.24) is 0 Å². The number of hydrogen-bond donors (Lipinski definition) is 0. The molecule has 0 amide bonds. The van der Waals surface area contributed by atoms with E-state index in [1.54, 1.807) is 0 Å². The Morgan fingerprint density at radius 2 is 1.60 bits per heavy atom. The lowest BCUT2D eigenvalue weighted by molar-refractivity contribution is -0.246. The number of rotatable bonds is 5. The summed E-state index contributed by atoms with van der Waals surface area (Å²) in [7, 11) is 0. The Hall–Kier alpha value is -0.570. The summed E-state index contributed by atoms with van der Waals surface area (Å²) < 4.78 is 11.8. The fourth-order valence-corrected chi connectivity index (χ4v) is 5.00. The highest BCUT2D eigenvalue weighted by Crippen LogP contribution is 2.57. The van der Waals surface area contributed by atoms with Gasteiger partial charge in [0, 0.05) is 0 Å². The van der Waals surface area contributed by atoms with Gasteiger partial charge in [0.1, 0.15) is 0 Å². The predicted molar refractivity (Wildman–Crippen MR) is 77.0 cm³/mol. The third-order valence-corrected chi connectivity index (χ3v) is 5.69. The first-order valence-electron chi connectivity index (χ1n) is 8.38. The Kier molecular flexibility index (Phi) is 3.83. The van der Waals surface area contributed by atoms with Crippen LogP contribution in [0.25, 0.3) is 0 Å². The highest BCUT2D eigenvalue weighted by atomic mass is 16.7. The molecule has 3 heteroatoms. The lowest BCUT2D eigenvalue weighted by Crippen LogP contribution is -2.53. The predicted octanol–water partition coefficient (Wildman–Crippen LogP) is 3.91. The summed E-state index contributed by atoms with van der Waals surface area (Å²) in [6, 6.07) is 0. The van der Waals surface area contributed by atoms with E-state index in [0.29, 0.717) is 0 Å². The maximum Gasteiger partial charge on any atom is 0.310 e. The van der Waals surface area contributed by atoms with Crippen molar-refractivity contribution in [3.63, 3.8) is 0 Å². The monoisotopic (exact) mass is 280 g/mol. The van der Waals surface area contributed by atoms with Crippen LogP contribution in [-0.2, 0) is 14.3 Å². The largest absolute Gasteiger partial charge is 0.436 e. The lowest BCUT2D eigenvalue weighted by atomic mass is 9.54. The van der Waals surface area contributed by atoms with Gasteiger partial charge in [0.2, 0.25) is 6.29 Å². The van der Waals surface area contributed by atoms with Gasteiger partial charge in [0.05, 0.1) is 11.5 Å². The van der Waals surface area contributed by atoms with Crippen molar-refractivity contribution in [3.05, 3.63) is 0 Å². The Morgan fingerprint density at radius 1 is 1.10 bits per heavy atom. The number of carbonyl (C=O) groups excluding carboxylic acids is 1. The first-order chi connectivity index (χ1) is 9.49. The first-order valence-corrected chi connectivity index (χ1v) is 8.38. The molecule has 4 fully saturated rings. The molecule has 4 saturated carbocycles. The summed E-state index contributed by atoms with van der Waals surface area (Å²) >= 11 is 0. The van der Waals surface area contributed by atoms with Crippen molar-refractivity contribution in [2.75, 3.05) is 0 Å². The summed E-state index contributed by atoms with van der Waals surface area (Å²) in [5.74, 6) is 2.43. The molecule has 0 radical (unpaired) electrons. The molecule has 4 aliphatic rings. The molecule has 20 heavy (non-hydrogen) atoms. The Balaban J connectivity index is 1.58. The van der Waals surface area contributed by atoms with Crippen LogP contribution < -0.4 is 0 Å². The van der Waals surface area contributed by atoms with E-state index in [4.69, 9.17) is 9.47 Å². The molecule has 0 aromatic carbocycles. The fourth-order valence-electron chi connectivity index (χ4n) is 5.00. The standard InChI is InChI=1S/C17H28O3/c1-4-11(2)16(18)19-12(3)20-17-8-13-5-14(9-17)7-15(6-13)10-17/h11-15H,4-10H2,1-3H3. The zero-order chi connectivity index (χ0) is 14.3. The van der Waals surface area contributed by atoms with Gasteiger partial charge in [0.25, 0.3) is 0 Å². The molecule has 2 unspecified atom stereocenters. The normalized spacial score (nSPS) is 41.5. The minimum atomic E-state index is -0.396. The van der Waals surface area contributed by atoms with E-state index in [1.165, 1.54) is 38.5 Å². The minimum Gasteiger partial charge on any atom is -0.436 e. The molecule has 3 nitrogen and oxygen atoms in total. The fraction of sp³-hybridized carbons (Fsp3) is 0.941. The van der Waals surface area contributed by atoms with Crippen LogP contribution in [0.4, 0.5) is 0 Å².